The first-order chi connectivity index (χ1) is 36.3. The minimum Gasteiger partial charge on any atom is -0.748 e. The zero-order valence-electron chi connectivity index (χ0n) is 42.0. The second-order valence-corrected chi connectivity index (χ2v) is 23.2. The van der Waals surface area contributed by atoms with Crippen LogP contribution in [0, 0.1) is 13.8 Å². The summed E-state index contributed by atoms with van der Waals surface area (Å²) in [5, 5.41) is 6.83. The van der Waals surface area contributed by atoms with E-state index in [4.69, 9.17) is 0 Å². The van der Waals surface area contributed by atoms with Gasteiger partial charge < -0.3 is 20.1 Å². The molecule has 79 heavy (non-hydrogen) atoms. The van der Waals surface area contributed by atoms with Crippen LogP contribution in [0.4, 0.5) is 0 Å². The van der Waals surface area contributed by atoms with Gasteiger partial charge in [-0.05, 0) is 74.5 Å². The maximum atomic E-state index is 11.6. The molecule has 0 atom stereocenters. The van der Waals surface area contributed by atoms with Gasteiger partial charge in [0.1, 0.15) is 0 Å². The van der Waals surface area contributed by atoms with Gasteiger partial charge in [0.2, 0.25) is 20.0 Å². The molecule has 414 valence electrons. The van der Waals surface area contributed by atoms with Crippen molar-refractivity contribution in [2.45, 2.75) is 23.6 Å². The monoisotopic (exact) mass is 1190 g/mol. The number of rotatable bonds is 10. The molecule has 0 aliphatic carbocycles. The van der Waals surface area contributed by atoms with Crippen LogP contribution in [-0.2, 0) is 56.8 Å². The molecule has 0 saturated carbocycles. The third kappa shape index (κ3) is 18.6. The van der Waals surface area contributed by atoms with Crippen molar-refractivity contribution in [1.82, 2.24) is 39.3 Å². The molecule has 11 rings (SSSR count). The van der Waals surface area contributed by atoms with Gasteiger partial charge in [-0.15, -0.1) is 0 Å². The summed E-state index contributed by atoms with van der Waals surface area (Å²) in [6, 6.07) is 48.5. The Morgan fingerprint density at radius 2 is 0.544 bits per heavy atom. The molecule has 11 aromatic rings. The van der Waals surface area contributed by atoms with Crippen LogP contribution in [0.15, 0.2) is 205 Å². The van der Waals surface area contributed by atoms with Crippen molar-refractivity contribution in [3.8, 4) is 0 Å². The summed E-state index contributed by atoms with van der Waals surface area (Å²) in [6.45, 7) is 2.77. The van der Waals surface area contributed by atoms with E-state index in [0.29, 0.717) is 0 Å². The van der Waals surface area contributed by atoms with Gasteiger partial charge in [0.05, 0.1) is 74.6 Å². The van der Waals surface area contributed by atoms with E-state index in [1.165, 1.54) is 24.3 Å². The van der Waals surface area contributed by atoms with Crippen LogP contribution in [0.3, 0.4) is 0 Å². The minimum atomic E-state index is -4.41. The van der Waals surface area contributed by atoms with Gasteiger partial charge in [-0.2, -0.15) is 0 Å². The molecule has 5 aromatic carbocycles. The maximum absolute atomic E-state index is 11.6. The number of sulfonamides is 2. The van der Waals surface area contributed by atoms with Crippen molar-refractivity contribution < 1.29 is 70.2 Å². The molecule has 0 saturated heterocycles. The van der Waals surface area contributed by atoms with Gasteiger partial charge in [0.25, 0.3) is 0 Å². The van der Waals surface area contributed by atoms with E-state index in [2.05, 4.69) is 103 Å². The number of fused-ring (bicyclic) bond motifs is 9. The first-order valence-electron chi connectivity index (χ1n) is 23.0. The Morgan fingerprint density at radius 1 is 0.342 bits per heavy atom. The molecule has 0 aliphatic heterocycles. The van der Waals surface area contributed by atoms with E-state index in [-0.39, 0.29) is 37.2 Å². The normalized spacial score (nSPS) is 11.2. The van der Waals surface area contributed by atoms with Crippen LogP contribution < -0.4 is 9.44 Å². The Hall–Kier alpha value is -7.39. The van der Waals surface area contributed by atoms with Crippen molar-refractivity contribution >= 4 is 106 Å². The molecule has 0 fully saturated rings. The molecule has 0 radical (unpaired) electrons. The van der Waals surface area contributed by atoms with Gasteiger partial charge >= 0.3 is 16.5 Å². The molecule has 0 unspecified atom stereocenters. The number of hydrogen-bond acceptors (Lipinski definition) is 16. The van der Waals surface area contributed by atoms with E-state index in [1.807, 2.05) is 59.7 Å². The van der Waals surface area contributed by atoms with Crippen molar-refractivity contribution in [3.63, 3.8) is 0 Å². The molecular weight excluding hydrogens is 1140 g/mol. The van der Waals surface area contributed by atoms with Crippen LogP contribution >= 0.6 is 0 Å². The van der Waals surface area contributed by atoms with Gasteiger partial charge in [-0.1, -0.05) is 108 Å². The molecule has 20 nitrogen and oxygen atoms in total. The average molecular weight is 1190 g/mol. The molecule has 6 N–H and O–H groups in total. The molecule has 6 heterocycles. The fourth-order valence-electron chi connectivity index (χ4n) is 7.24. The SMILES string of the molecule is Cc1ccc(S(=O)(=O)NCCS(=O)(=O)[O-])cc1.Cc1ccc(S(=O)(=O)NCCS(=O)(=O)[O-])cc1.O.O.[Ni+2].c1cnc2c(c1)ccc1cccnc12.c1cnc2c(c1)ccc1cccnc12.c1cnc2c(c1)ccc1cccnc12. The summed E-state index contributed by atoms with van der Waals surface area (Å²) in [4.78, 5) is 26.1. The van der Waals surface area contributed by atoms with Gasteiger partial charge in [0.15, 0.2) is 0 Å². The average Bonchev–Trinajstić information content (AvgIpc) is 3.43. The second-order valence-electron chi connectivity index (χ2n) is 16.6. The molecule has 25 heteroatoms. The molecule has 6 aromatic heterocycles. The molecule has 0 bridgehead atoms. The summed E-state index contributed by atoms with van der Waals surface area (Å²) in [5.74, 6) is -1.53. The Balaban J connectivity index is 0.000000211. The maximum Gasteiger partial charge on any atom is 2.00 e. The Bertz CT molecular complexity index is 3730. The third-order valence-corrected chi connectivity index (χ3v) is 15.3. The van der Waals surface area contributed by atoms with Crippen LogP contribution in [-0.4, -0.2) is 108 Å². The third-order valence-electron chi connectivity index (χ3n) is 11.0. The van der Waals surface area contributed by atoms with Crippen molar-refractivity contribution in [2.75, 3.05) is 24.6 Å². The van der Waals surface area contributed by atoms with Crippen molar-refractivity contribution in [3.05, 3.63) is 206 Å². The van der Waals surface area contributed by atoms with Crippen LogP contribution in [0.2, 0.25) is 0 Å². The molecular formula is C54H52N8NiO12S4. The van der Waals surface area contributed by atoms with Gasteiger partial charge in [0, 0.05) is 82.6 Å². The summed E-state index contributed by atoms with van der Waals surface area (Å²) < 4.78 is 112. The minimum absolute atomic E-state index is 0. The van der Waals surface area contributed by atoms with Crippen molar-refractivity contribution in [1.29, 1.82) is 0 Å². The van der Waals surface area contributed by atoms with E-state index in [0.717, 1.165) is 76.5 Å². The summed E-state index contributed by atoms with van der Waals surface area (Å²) in [6.07, 6.45) is 10.8. The first-order valence-corrected chi connectivity index (χ1v) is 29.1. The van der Waals surface area contributed by atoms with Gasteiger partial charge in [-0.3, -0.25) is 29.9 Å². The zero-order valence-corrected chi connectivity index (χ0v) is 46.3. The number of nitrogens with zero attached hydrogens (tertiary/aromatic N) is 6. The standard InChI is InChI=1S/3C12H8N2.2C9H13NO5S2.Ni.2H2O/c3*1-3-9-5-6-10-4-2-8-14-12(10)11(9)13-7-1;2*1-8-2-4-9(5-3-8)17(14,15)10-6-7-16(11,12)13;;;/h3*1-8H;2*2-5,10H,6-7H2,1H3,(H,11,12,13);;2*1H2/q;;;;;+2;;/p-2. The van der Waals surface area contributed by atoms with E-state index in [1.54, 1.807) is 61.4 Å². The number of aryl methyl sites for hydroxylation is 2. The zero-order chi connectivity index (χ0) is 54.4. The van der Waals surface area contributed by atoms with Crippen molar-refractivity contribution in [2.24, 2.45) is 0 Å². The molecule has 0 aliphatic rings. The Kier molecular flexibility index (Phi) is 23.6. The number of aromatic nitrogens is 6. The number of benzene rings is 5. The fraction of sp³-hybridized carbons (Fsp3) is 0.111. The number of pyridine rings is 6. The fourth-order valence-corrected chi connectivity index (χ4v) is 10.3. The second kappa shape index (κ2) is 29.0. The summed E-state index contributed by atoms with van der Waals surface area (Å²) in [5.41, 5.74) is 7.68. The smallest absolute Gasteiger partial charge is 0.748 e. The van der Waals surface area contributed by atoms with E-state index in [9.17, 15) is 42.8 Å². The number of hydrogen-bond donors (Lipinski definition) is 2. The quantitative estimate of drug-likeness (QED) is 0.0857. The van der Waals surface area contributed by atoms with Gasteiger partial charge in [-0.25, -0.2) is 43.1 Å². The van der Waals surface area contributed by atoms with E-state index >= 15 is 0 Å². The van der Waals surface area contributed by atoms with Crippen LogP contribution in [0.1, 0.15) is 11.1 Å². The number of nitrogens with one attached hydrogen (secondary N) is 2. The summed E-state index contributed by atoms with van der Waals surface area (Å²) in [7, 11) is -16.3. The van der Waals surface area contributed by atoms with E-state index < -0.39 is 64.9 Å². The largest absolute Gasteiger partial charge is 2.00 e. The predicted octanol–water partition coefficient (Wildman–Crippen LogP) is 6.33. The van der Waals surface area contributed by atoms with Crippen LogP contribution in [0.25, 0.3) is 65.4 Å². The summed E-state index contributed by atoms with van der Waals surface area (Å²) >= 11 is 0. The predicted molar refractivity (Wildman–Crippen MR) is 300 cm³/mol. The Labute approximate surface area is 466 Å². The molecule has 0 spiro atoms. The Morgan fingerprint density at radius 3 is 0.734 bits per heavy atom. The van der Waals surface area contributed by atoms with Crippen LogP contribution in [0.5, 0.6) is 0 Å². The molecule has 0 amide bonds. The first kappa shape index (κ1) is 64.1. The topological polar surface area (TPSA) is 347 Å².